The quantitative estimate of drug-likeness (QED) is 0.366. The van der Waals surface area contributed by atoms with Crippen molar-refractivity contribution >= 4 is 17.9 Å². The Bertz CT molecular complexity index is 1280. The molecule has 14 nitrogen and oxygen atoms in total. The summed E-state index contributed by atoms with van der Waals surface area (Å²) in [6, 6.07) is 0. The number of cyclic esters (lactones) is 2. The fourth-order valence-electron chi connectivity index (χ4n) is 7.38. The monoisotopic (exact) mass is 724 g/mol. The van der Waals surface area contributed by atoms with E-state index in [0.717, 1.165) is 0 Å². The van der Waals surface area contributed by atoms with Crippen LogP contribution < -0.4 is 0 Å². The summed E-state index contributed by atoms with van der Waals surface area (Å²) < 4.78 is 52.1. The Morgan fingerprint density at radius 2 is 1.53 bits per heavy atom. The van der Waals surface area contributed by atoms with Gasteiger partial charge in [0.2, 0.25) is 0 Å². The van der Waals surface area contributed by atoms with Crippen LogP contribution in [0.15, 0.2) is 36.5 Å². The molecule has 0 radical (unpaired) electrons. The van der Waals surface area contributed by atoms with E-state index >= 15 is 0 Å². The predicted octanol–water partition coefficient (Wildman–Crippen LogP) is 3.41. The third kappa shape index (κ3) is 9.65. The van der Waals surface area contributed by atoms with Gasteiger partial charge in [-0.2, -0.15) is 0 Å². The topological polar surface area (TPSA) is 175 Å². The van der Waals surface area contributed by atoms with Crippen LogP contribution in [0, 0.1) is 23.7 Å². The summed E-state index contributed by atoms with van der Waals surface area (Å²) in [5.74, 6) is -2.15. The Labute approximate surface area is 300 Å². The molecule has 288 valence electrons. The molecule has 0 aromatic heterocycles. The molecule has 1 spiro atoms. The van der Waals surface area contributed by atoms with Crippen molar-refractivity contribution in [3.63, 3.8) is 0 Å². The van der Waals surface area contributed by atoms with E-state index in [4.69, 9.17) is 42.6 Å². The SMILES string of the molecule is CO[C@@H]1[C@H](O)[C@@H](C)O[C@@H](OC[C@H]2/C=C/C=C/C(=O)[C@H](C)C[C@H](C)[C@H](O[C@@H]3O[C@H](C)CC4(OC(=O)O[C@H]4C)[C@H]3O)[C@@H](C)/C=C/C(=O)O[C@@H]2C)[C@@H]1OC. The number of methoxy groups -OCH3 is 2. The number of hydrogen-bond donors (Lipinski definition) is 2. The number of allylic oxidation sites excluding steroid dienone is 3. The molecule has 16 atom stereocenters. The van der Waals surface area contributed by atoms with Crippen molar-refractivity contribution in [1.82, 2.24) is 0 Å². The lowest BCUT2D eigenvalue weighted by Crippen LogP contribution is -2.62. The summed E-state index contributed by atoms with van der Waals surface area (Å²) in [5, 5.41) is 22.0. The maximum atomic E-state index is 13.2. The van der Waals surface area contributed by atoms with Crippen molar-refractivity contribution in [1.29, 1.82) is 0 Å². The van der Waals surface area contributed by atoms with Crippen molar-refractivity contribution in [2.75, 3.05) is 20.8 Å². The van der Waals surface area contributed by atoms with Crippen LogP contribution in [0.5, 0.6) is 0 Å². The molecule has 0 aliphatic carbocycles. The first-order chi connectivity index (χ1) is 24.1. The Morgan fingerprint density at radius 3 is 2.18 bits per heavy atom. The average molecular weight is 725 g/mol. The minimum atomic E-state index is -1.36. The zero-order valence-corrected chi connectivity index (χ0v) is 31.0. The van der Waals surface area contributed by atoms with Crippen LogP contribution in [-0.2, 0) is 52.2 Å². The summed E-state index contributed by atoms with van der Waals surface area (Å²) >= 11 is 0. The zero-order valence-electron chi connectivity index (χ0n) is 31.0. The zero-order chi connectivity index (χ0) is 37.6. The van der Waals surface area contributed by atoms with Gasteiger partial charge in [-0.15, -0.1) is 0 Å². The highest BCUT2D eigenvalue weighted by atomic mass is 16.8. The van der Waals surface area contributed by atoms with Gasteiger partial charge in [0.15, 0.2) is 24.0 Å². The van der Waals surface area contributed by atoms with Crippen molar-refractivity contribution in [2.24, 2.45) is 23.7 Å². The minimum absolute atomic E-state index is 0.0586. The minimum Gasteiger partial charge on any atom is -0.459 e. The lowest BCUT2D eigenvalue weighted by Gasteiger charge is -2.46. The smallest absolute Gasteiger partial charge is 0.459 e. The van der Waals surface area contributed by atoms with Gasteiger partial charge in [-0.3, -0.25) is 4.79 Å². The Balaban J connectivity index is 1.53. The molecule has 0 aromatic carbocycles. The van der Waals surface area contributed by atoms with Gasteiger partial charge in [-0.1, -0.05) is 45.1 Å². The number of carbonyl (C=O) groups is 3. The van der Waals surface area contributed by atoms with Gasteiger partial charge >= 0.3 is 12.1 Å². The average Bonchev–Trinajstić information content (AvgIpc) is 3.36. The molecule has 3 fully saturated rings. The summed E-state index contributed by atoms with van der Waals surface area (Å²) in [7, 11) is 2.96. The molecule has 2 N–H and O–H groups in total. The Hall–Kier alpha value is -2.69. The van der Waals surface area contributed by atoms with E-state index in [0.29, 0.717) is 6.42 Å². The first-order valence-corrected chi connectivity index (χ1v) is 17.8. The van der Waals surface area contributed by atoms with E-state index in [9.17, 15) is 24.6 Å². The highest BCUT2D eigenvalue weighted by Crippen LogP contribution is 2.42. The van der Waals surface area contributed by atoms with Gasteiger partial charge in [0.05, 0.1) is 24.9 Å². The molecule has 4 aliphatic rings. The van der Waals surface area contributed by atoms with Gasteiger partial charge < -0.3 is 52.8 Å². The second kappa shape index (κ2) is 17.9. The van der Waals surface area contributed by atoms with Gasteiger partial charge in [0.1, 0.15) is 36.6 Å². The predicted molar refractivity (Wildman–Crippen MR) is 181 cm³/mol. The molecule has 14 heteroatoms. The van der Waals surface area contributed by atoms with Crippen LogP contribution in [-0.4, -0.2) is 122 Å². The third-order valence-corrected chi connectivity index (χ3v) is 10.5. The van der Waals surface area contributed by atoms with Crippen LogP contribution >= 0.6 is 0 Å². The normalized spacial score (nSPS) is 46.2. The summed E-state index contributed by atoms with van der Waals surface area (Å²) in [4.78, 5) is 38.4. The molecule has 4 rings (SSSR count). The molecular weight excluding hydrogens is 668 g/mol. The first-order valence-electron chi connectivity index (χ1n) is 17.8. The van der Waals surface area contributed by atoms with Crippen LogP contribution in [0.1, 0.15) is 61.3 Å². The van der Waals surface area contributed by atoms with Crippen LogP contribution in [0.4, 0.5) is 4.79 Å². The fourth-order valence-corrected chi connectivity index (χ4v) is 7.38. The van der Waals surface area contributed by atoms with E-state index < -0.39 is 97.1 Å². The Kier molecular flexibility index (Phi) is 14.4. The maximum absolute atomic E-state index is 13.2. The van der Waals surface area contributed by atoms with Crippen molar-refractivity contribution in [3.8, 4) is 0 Å². The molecule has 51 heavy (non-hydrogen) atoms. The fraction of sp³-hybridized carbons (Fsp3) is 0.757. The van der Waals surface area contributed by atoms with Crippen LogP contribution in [0.3, 0.4) is 0 Å². The lowest BCUT2D eigenvalue weighted by atomic mass is 9.82. The molecule has 4 aliphatic heterocycles. The van der Waals surface area contributed by atoms with Crippen LogP contribution in [0.25, 0.3) is 0 Å². The second-order valence-corrected chi connectivity index (χ2v) is 14.4. The van der Waals surface area contributed by atoms with E-state index in [-0.39, 0.29) is 30.6 Å². The largest absolute Gasteiger partial charge is 0.509 e. The molecule has 1 unspecified atom stereocenters. The highest BCUT2D eigenvalue weighted by Gasteiger charge is 2.61. The second-order valence-electron chi connectivity index (χ2n) is 14.4. The van der Waals surface area contributed by atoms with Crippen molar-refractivity contribution in [3.05, 3.63) is 36.5 Å². The van der Waals surface area contributed by atoms with E-state index in [2.05, 4.69) is 0 Å². The molecular formula is C37H56O14. The third-order valence-electron chi connectivity index (χ3n) is 10.5. The van der Waals surface area contributed by atoms with Gasteiger partial charge in [0.25, 0.3) is 0 Å². The summed E-state index contributed by atoms with van der Waals surface area (Å²) in [6.07, 6.45) is 0.681. The maximum Gasteiger partial charge on any atom is 0.509 e. The van der Waals surface area contributed by atoms with Gasteiger partial charge in [-0.25, -0.2) is 9.59 Å². The number of aliphatic hydroxyl groups is 2. The Morgan fingerprint density at radius 1 is 0.824 bits per heavy atom. The number of esters is 1. The number of aliphatic hydroxyl groups excluding tert-OH is 2. The molecule has 0 bridgehead atoms. The molecule has 0 aromatic rings. The van der Waals surface area contributed by atoms with Gasteiger partial charge in [-0.05, 0) is 46.1 Å². The first kappa shape index (κ1) is 41.1. The number of ketones is 1. The standard InChI is InChI=1S/C37H56O14/c1-19-14-15-28(39)47-23(5)26(18-45-34-32(44-9)31(43-8)29(40)24(6)48-34)12-10-11-13-27(38)20(2)16-21(3)30(19)50-35-33(41)37(17-22(4)46-35)25(7)49-36(42)51-37/h10-15,19-26,29-35,40-41H,16-18H2,1-9H3/b12-10+,13-11+,15-14+/t19-,20+,21-,22+,23+,24+,25-,26+,29+,30+,31+,32+,33-,34+,35-,37?/m0/s1. The lowest BCUT2D eigenvalue weighted by molar-refractivity contribution is -0.308. The molecule has 0 amide bonds. The molecule has 3 saturated heterocycles. The molecule has 0 saturated carbocycles. The van der Waals surface area contributed by atoms with Gasteiger partial charge in [0, 0.05) is 44.5 Å². The van der Waals surface area contributed by atoms with Crippen molar-refractivity contribution < 1.29 is 67.2 Å². The number of rotatable bonds is 7. The summed E-state index contributed by atoms with van der Waals surface area (Å²) in [6.45, 7) is 12.6. The van der Waals surface area contributed by atoms with E-state index in [1.54, 1.807) is 52.0 Å². The number of hydrogen-bond acceptors (Lipinski definition) is 14. The van der Waals surface area contributed by atoms with E-state index in [1.807, 2.05) is 20.8 Å². The van der Waals surface area contributed by atoms with Crippen LogP contribution in [0.2, 0.25) is 0 Å². The number of carbonyl (C=O) groups excluding carboxylic acids is 3. The molecule has 4 heterocycles. The number of ether oxygens (including phenoxy) is 9. The summed E-state index contributed by atoms with van der Waals surface area (Å²) in [5.41, 5.74) is -1.35. The van der Waals surface area contributed by atoms with Crippen molar-refractivity contribution in [2.45, 2.75) is 134 Å². The van der Waals surface area contributed by atoms with E-state index in [1.165, 1.54) is 26.4 Å². The highest BCUT2D eigenvalue weighted by molar-refractivity contribution is 5.91.